The van der Waals surface area contributed by atoms with Crippen LogP contribution in [-0.4, -0.2) is 40.0 Å². The lowest BCUT2D eigenvalue weighted by Gasteiger charge is -2.23. The van der Waals surface area contributed by atoms with E-state index < -0.39 is 0 Å². The van der Waals surface area contributed by atoms with Gasteiger partial charge in [0.15, 0.2) is 5.69 Å². The molecule has 1 atom stereocenters. The minimum atomic E-state index is -0.0975. The average Bonchev–Trinajstić information content (AvgIpc) is 2.89. The monoisotopic (exact) mass is 357 g/mol. The second-order valence-corrected chi connectivity index (χ2v) is 7.15. The van der Waals surface area contributed by atoms with Crippen molar-refractivity contribution >= 4 is 18.3 Å². The Morgan fingerprint density at radius 1 is 1.29 bits per heavy atom. The Balaban J connectivity index is 0.00000288. The number of nitrogens with one attached hydrogen (secondary N) is 2. The zero-order chi connectivity index (χ0) is 16.8. The van der Waals surface area contributed by atoms with E-state index in [9.17, 15) is 4.79 Å². The predicted molar refractivity (Wildman–Crippen MR) is 98.8 cm³/mol. The van der Waals surface area contributed by atoms with Crippen LogP contribution >= 0.6 is 12.4 Å². The van der Waals surface area contributed by atoms with Gasteiger partial charge in [0.2, 0.25) is 0 Å². The Kier molecular flexibility index (Phi) is 8.70. The highest BCUT2D eigenvalue weighted by Crippen LogP contribution is 2.20. The van der Waals surface area contributed by atoms with Crippen LogP contribution in [0.5, 0.6) is 0 Å². The van der Waals surface area contributed by atoms with Crippen molar-refractivity contribution in [3.05, 3.63) is 11.4 Å². The molecule has 1 aromatic rings. The average molecular weight is 358 g/mol. The Bertz CT molecular complexity index is 511. The van der Waals surface area contributed by atoms with Crippen LogP contribution in [0.4, 0.5) is 0 Å². The van der Waals surface area contributed by atoms with E-state index in [1.807, 2.05) is 11.6 Å². The van der Waals surface area contributed by atoms with Gasteiger partial charge < -0.3 is 10.6 Å². The number of hydrogen-bond acceptors (Lipinski definition) is 4. The van der Waals surface area contributed by atoms with E-state index in [0.29, 0.717) is 17.7 Å². The van der Waals surface area contributed by atoms with Crippen LogP contribution in [0.15, 0.2) is 0 Å². The van der Waals surface area contributed by atoms with E-state index in [-0.39, 0.29) is 24.4 Å². The molecule has 1 aromatic heterocycles. The van der Waals surface area contributed by atoms with E-state index in [0.717, 1.165) is 44.5 Å². The molecule has 2 rings (SSSR count). The van der Waals surface area contributed by atoms with Crippen LogP contribution in [0.3, 0.4) is 0 Å². The summed E-state index contributed by atoms with van der Waals surface area (Å²) in [5, 5.41) is 14.8. The molecule has 7 heteroatoms. The molecule has 0 bridgehead atoms. The first kappa shape index (κ1) is 20.9. The van der Waals surface area contributed by atoms with E-state index in [1.54, 1.807) is 0 Å². The number of hydrogen-bond donors (Lipinski definition) is 2. The lowest BCUT2D eigenvalue weighted by molar-refractivity contribution is 0.0932. The largest absolute Gasteiger partial charge is 0.348 e. The second kappa shape index (κ2) is 9.99. The zero-order valence-electron chi connectivity index (χ0n) is 15.3. The Labute approximate surface area is 151 Å². The highest BCUT2D eigenvalue weighted by molar-refractivity contribution is 5.93. The number of carbonyl (C=O) groups is 1. The topological polar surface area (TPSA) is 71.8 Å². The Morgan fingerprint density at radius 2 is 1.96 bits per heavy atom. The van der Waals surface area contributed by atoms with Crippen molar-refractivity contribution in [1.29, 1.82) is 0 Å². The highest BCUT2D eigenvalue weighted by atomic mass is 35.5. The maximum absolute atomic E-state index is 12.4. The maximum Gasteiger partial charge on any atom is 0.273 e. The normalized spacial score (nSPS) is 16.7. The van der Waals surface area contributed by atoms with Gasteiger partial charge in [-0.25, -0.2) is 4.68 Å². The molecule has 1 fully saturated rings. The smallest absolute Gasteiger partial charge is 0.273 e. The number of halogens is 1. The van der Waals surface area contributed by atoms with Gasteiger partial charge in [-0.1, -0.05) is 31.9 Å². The molecule has 0 radical (unpaired) electrons. The minimum Gasteiger partial charge on any atom is -0.348 e. The Morgan fingerprint density at radius 3 is 2.58 bits per heavy atom. The second-order valence-electron chi connectivity index (χ2n) is 7.15. The molecule has 1 amide bonds. The summed E-state index contributed by atoms with van der Waals surface area (Å²) in [6.07, 6.45) is 5.42. The molecular weight excluding hydrogens is 326 g/mol. The first-order chi connectivity index (χ1) is 11.0. The Hall–Kier alpha value is -1.14. The van der Waals surface area contributed by atoms with Crippen molar-refractivity contribution in [3.8, 4) is 0 Å². The molecular formula is C17H32ClN5O. The quantitative estimate of drug-likeness (QED) is 0.787. The van der Waals surface area contributed by atoms with Crippen LogP contribution in [0, 0.1) is 12.8 Å². The minimum absolute atomic E-state index is 0. The summed E-state index contributed by atoms with van der Waals surface area (Å²) in [4.78, 5) is 12.4. The first-order valence-electron chi connectivity index (χ1n) is 8.92. The van der Waals surface area contributed by atoms with Gasteiger partial charge in [0.1, 0.15) is 0 Å². The fourth-order valence-corrected chi connectivity index (χ4v) is 3.15. The first-order valence-corrected chi connectivity index (χ1v) is 8.92. The van der Waals surface area contributed by atoms with Crippen molar-refractivity contribution < 1.29 is 4.79 Å². The molecule has 1 aliphatic heterocycles. The van der Waals surface area contributed by atoms with Gasteiger partial charge in [-0.3, -0.25) is 4.79 Å². The zero-order valence-corrected chi connectivity index (χ0v) is 16.2. The van der Waals surface area contributed by atoms with Crippen LogP contribution in [-0.2, 0) is 0 Å². The van der Waals surface area contributed by atoms with Gasteiger partial charge in [0.05, 0.1) is 11.7 Å². The third-order valence-electron chi connectivity index (χ3n) is 4.59. The van der Waals surface area contributed by atoms with E-state index in [1.165, 1.54) is 6.42 Å². The SMILES string of the molecule is Cc1c(C(=O)NC(C)CCCC(C)C)nnn1C1CCNCC1.Cl. The third-order valence-corrected chi connectivity index (χ3v) is 4.59. The van der Waals surface area contributed by atoms with Crippen LogP contribution in [0.1, 0.15) is 75.1 Å². The van der Waals surface area contributed by atoms with Crippen molar-refractivity contribution in [1.82, 2.24) is 25.6 Å². The van der Waals surface area contributed by atoms with Crippen LogP contribution < -0.4 is 10.6 Å². The molecule has 6 nitrogen and oxygen atoms in total. The maximum atomic E-state index is 12.4. The fourth-order valence-electron chi connectivity index (χ4n) is 3.15. The van der Waals surface area contributed by atoms with Crippen LogP contribution in [0.2, 0.25) is 0 Å². The van der Waals surface area contributed by atoms with Gasteiger partial charge in [0, 0.05) is 6.04 Å². The predicted octanol–water partition coefficient (Wildman–Crippen LogP) is 2.88. The summed E-state index contributed by atoms with van der Waals surface area (Å²) in [5.41, 5.74) is 1.35. The molecule has 0 aromatic carbocycles. The number of aromatic nitrogens is 3. The number of piperidine rings is 1. The summed E-state index contributed by atoms with van der Waals surface area (Å²) in [6.45, 7) is 10.5. The number of rotatable bonds is 7. The highest BCUT2D eigenvalue weighted by Gasteiger charge is 2.23. The van der Waals surface area contributed by atoms with E-state index in [4.69, 9.17) is 0 Å². The summed E-state index contributed by atoms with van der Waals surface area (Å²) in [6, 6.07) is 0.526. The standard InChI is InChI=1S/C17H31N5O.ClH/c1-12(2)6-5-7-13(3)19-17(23)16-14(4)22(21-20-16)15-8-10-18-11-9-15;/h12-13,15,18H,5-11H2,1-4H3,(H,19,23);1H. The fraction of sp³-hybridized carbons (Fsp3) is 0.824. The van der Waals surface area contributed by atoms with Crippen molar-refractivity contribution in [2.24, 2.45) is 5.92 Å². The summed E-state index contributed by atoms with van der Waals surface area (Å²) < 4.78 is 1.93. The summed E-state index contributed by atoms with van der Waals surface area (Å²) in [7, 11) is 0. The van der Waals surface area contributed by atoms with Crippen molar-refractivity contribution in [3.63, 3.8) is 0 Å². The summed E-state index contributed by atoms with van der Waals surface area (Å²) >= 11 is 0. The molecule has 2 heterocycles. The van der Waals surface area contributed by atoms with Crippen molar-refractivity contribution in [2.45, 2.75) is 71.9 Å². The lowest BCUT2D eigenvalue weighted by atomic mass is 10.0. The van der Waals surface area contributed by atoms with E-state index in [2.05, 4.69) is 41.7 Å². The molecule has 24 heavy (non-hydrogen) atoms. The molecule has 0 aliphatic carbocycles. The van der Waals surface area contributed by atoms with Crippen molar-refractivity contribution in [2.75, 3.05) is 13.1 Å². The van der Waals surface area contributed by atoms with Gasteiger partial charge in [0.25, 0.3) is 5.91 Å². The van der Waals surface area contributed by atoms with Gasteiger partial charge in [-0.2, -0.15) is 0 Å². The van der Waals surface area contributed by atoms with E-state index >= 15 is 0 Å². The summed E-state index contributed by atoms with van der Waals surface area (Å²) in [5.74, 6) is 0.616. The number of nitrogens with zero attached hydrogens (tertiary/aromatic N) is 3. The molecule has 0 spiro atoms. The number of amides is 1. The van der Waals surface area contributed by atoms with Gasteiger partial charge >= 0.3 is 0 Å². The lowest BCUT2D eigenvalue weighted by Crippen LogP contribution is -2.33. The van der Waals surface area contributed by atoms with Crippen LogP contribution in [0.25, 0.3) is 0 Å². The van der Waals surface area contributed by atoms with Gasteiger partial charge in [-0.05, 0) is 52.1 Å². The molecule has 1 aliphatic rings. The molecule has 0 saturated carbocycles. The molecule has 1 unspecified atom stereocenters. The molecule has 1 saturated heterocycles. The number of carbonyl (C=O) groups excluding carboxylic acids is 1. The van der Waals surface area contributed by atoms with Gasteiger partial charge in [-0.15, -0.1) is 17.5 Å². The molecule has 2 N–H and O–H groups in total. The third kappa shape index (κ3) is 5.74. The molecule has 138 valence electrons.